The van der Waals surface area contributed by atoms with Gasteiger partial charge in [-0.3, -0.25) is 14.8 Å². The van der Waals surface area contributed by atoms with E-state index in [1.54, 1.807) is 11.6 Å². The summed E-state index contributed by atoms with van der Waals surface area (Å²) in [6.45, 7) is 2.72. The summed E-state index contributed by atoms with van der Waals surface area (Å²) in [5.41, 5.74) is 3.71. The van der Waals surface area contributed by atoms with Gasteiger partial charge in [0, 0.05) is 12.6 Å². The quantitative estimate of drug-likeness (QED) is 0.131. The molecule has 38 heavy (non-hydrogen) atoms. The van der Waals surface area contributed by atoms with Crippen LogP contribution in [0.2, 0.25) is 0 Å². The molecule has 4 N–H and O–H groups in total. The van der Waals surface area contributed by atoms with Crippen LogP contribution >= 0.6 is 0 Å². The first-order chi connectivity index (χ1) is 18.6. The lowest BCUT2D eigenvalue weighted by atomic mass is 9.80. The average molecular weight is 526 g/mol. The van der Waals surface area contributed by atoms with Crippen LogP contribution in [0.3, 0.4) is 0 Å². The van der Waals surface area contributed by atoms with Crippen LogP contribution in [-0.4, -0.2) is 42.3 Å². The van der Waals surface area contributed by atoms with Gasteiger partial charge in [-0.05, 0) is 112 Å². The van der Waals surface area contributed by atoms with Gasteiger partial charge < -0.3 is 15.4 Å². The van der Waals surface area contributed by atoms with Gasteiger partial charge in [0.25, 0.3) is 5.91 Å². The smallest absolute Gasteiger partial charge is 0.323 e. The number of ether oxygens (including phenoxy) is 1. The predicted molar refractivity (Wildman–Crippen MR) is 149 cm³/mol. The SMILES string of the molecule is O=C(/C=C/c1cccc(CNCC2CCC(CN[C@H](C(=O)OC3CCCC3)C3CCCCC3)CC2)c1)NO. The number of nitrogens with one attached hydrogen (secondary N) is 3. The molecule has 0 heterocycles. The molecule has 210 valence electrons. The molecule has 0 spiro atoms. The molecule has 1 aromatic rings. The molecule has 7 nitrogen and oxygen atoms in total. The fourth-order valence-corrected chi connectivity index (χ4v) is 6.52. The van der Waals surface area contributed by atoms with Crippen molar-refractivity contribution in [3.05, 3.63) is 41.5 Å². The van der Waals surface area contributed by atoms with Crippen molar-refractivity contribution in [2.45, 2.75) is 102 Å². The lowest BCUT2D eigenvalue weighted by molar-refractivity contribution is -0.153. The summed E-state index contributed by atoms with van der Waals surface area (Å²) < 4.78 is 5.96. The fourth-order valence-electron chi connectivity index (χ4n) is 6.52. The van der Waals surface area contributed by atoms with Crippen molar-refractivity contribution in [3.63, 3.8) is 0 Å². The minimum Gasteiger partial charge on any atom is -0.461 e. The van der Waals surface area contributed by atoms with E-state index >= 15 is 0 Å². The van der Waals surface area contributed by atoms with Gasteiger partial charge in [0.1, 0.15) is 12.1 Å². The van der Waals surface area contributed by atoms with Gasteiger partial charge in [0.15, 0.2) is 0 Å². The van der Waals surface area contributed by atoms with Crippen molar-refractivity contribution in [2.24, 2.45) is 17.8 Å². The van der Waals surface area contributed by atoms with Gasteiger partial charge in [-0.2, -0.15) is 0 Å². The number of carbonyl (C=O) groups excluding carboxylic acids is 2. The van der Waals surface area contributed by atoms with E-state index in [2.05, 4.69) is 22.8 Å². The Morgan fingerprint density at radius 2 is 1.61 bits per heavy atom. The average Bonchev–Trinajstić information content (AvgIpc) is 3.46. The first-order valence-corrected chi connectivity index (χ1v) is 15.0. The molecular weight excluding hydrogens is 478 g/mol. The zero-order valence-electron chi connectivity index (χ0n) is 22.8. The molecular formula is C31H47N3O4. The summed E-state index contributed by atoms with van der Waals surface area (Å²) in [7, 11) is 0. The number of carbonyl (C=O) groups is 2. The molecule has 4 rings (SSSR count). The molecule has 0 bridgehead atoms. The molecule has 3 aliphatic rings. The largest absolute Gasteiger partial charge is 0.461 e. The van der Waals surface area contributed by atoms with Gasteiger partial charge in [0.2, 0.25) is 0 Å². The fraction of sp³-hybridized carbons (Fsp3) is 0.677. The molecule has 0 aliphatic heterocycles. The number of hydroxylamine groups is 1. The van der Waals surface area contributed by atoms with Crippen LogP contribution in [0.4, 0.5) is 0 Å². The third-order valence-electron chi connectivity index (χ3n) is 8.80. The summed E-state index contributed by atoms with van der Waals surface area (Å²) in [6.07, 6.45) is 18.5. The number of esters is 1. The molecule has 1 aromatic carbocycles. The molecule has 7 heteroatoms. The summed E-state index contributed by atoms with van der Waals surface area (Å²) in [5.74, 6) is 1.23. The maximum absolute atomic E-state index is 13.1. The minimum atomic E-state index is -0.534. The summed E-state index contributed by atoms with van der Waals surface area (Å²) >= 11 is 0. The molecule has 0 radical (unpaired) electrons. The standard InChI is InChI=1S/C31H47N3O4/c35-29(34-37)18-17-23-7-6-8-26(19-23)21-32-20-24-13-15-25(16-14-24)22-33-30(27-9-2-1-3-10-27)31(36)38-28-11-4-5-12-28/h6-8,17-19,24-25,27-28,30,32-33,37H,1-5,9-16,20-22H2,(H,34,35)/b18-17+/t24?,25?,30-/m0/s1. The van der Waals surface area contributed by atoms with Crippen molar-refractivity contribution in [2.75, 3.05) is 13.1 Å². The molecule has 0 unspecified atom stereocenters. The molecule has 0 saturated heterocycles. The highest BCUT2D eigenvalue weighted by atomic mass is 16.5. The van der Waals surface area contributed by atoms with Gasteiger partial charge in [-0.15, -0.1) is 0 Å². The van der Waals surface area contributed by atoms with Crippen LogP contribution in [-0.2, 0) is 20.9 Å². The Hall–Kier alpha value is -2.22. The van der Waals surface area contributed by atoms with Crippen LogP contribution in [0.1, 0.15) is 94.6 Å². The maximum atomic E-state index is 13.1. The molecule has 3 fully saturated rings. The Kier molecular flexibility index (Phi) is 11.7. The van der Waals surface area contributed by atoms with Crippen molar-refractivity contribution in [3.8, 4) is 0 Å². The second kappa shape index (κ2) is 15.4. The summed E-state index contributed by atoms with van der Waals surface area (Å²) in [4.78, 5) is 24.3. The third-order valence-corrected chi connectivity index (χ3v) is 8.80. The monoisotopic (exact) mass is 525 g/mol. The first kappa shape index (κ1) is 28.8. The van der Waals surface area contributed by atoms with Crippen LogP contribution in [0.5, 0.6) is 0 Å². The molecule has 1 atom stereocenters. The summed E-state index contributed by atoms with van der Waals surface area (Å²) in [5, 5.41) is 15.9. The Morgan fingerprint density at radius 1 is 0.921 bits per heavy atom. The molecule has 3 saturated carbocycles. The number of benzene rings is 1. The van der Waals surface area contributed by atoms with E-state index in [4.69, 9.17) is 9.94 Å². The molecule has 0 aromatic heterocycles. The van der Waals surface area contributed by atoms with Gasteiger partial charge >= 0.3 is 5.97 Å². The Bertz CT molecular complexity index is 900. The highest BCUT2D eigenvalue weighted by Gasteiger charge is 2.33. The Labute approximate surface area is 228 Å². The van der Waals surface area contributed by atoms with Crippen LogP contribution in [0.15, 0.2) is 30.3 Å². The molecule has 3 aliphatic carbocycles. The van der Waals surface area contributed by atoms with Crippen LogP contribution in [0, 0.1) is 17.8 Å². The van der Waals surface area contributed by atoms with E-state index in [-0.39, 0.29) is 18.1 Å². The zero-order chi connectivity index (χ0) is 26.6. The van der Waals surface area contributed by atoms with Gasteiger partial charge in [-0.1, -0.05) is 43.5 Å². The number of hydrogen-bond acceptors (Lipinski definition) is 6. The van der Waals surface area contributed by atoms with E-state index in [9.17, 15) is 9.59 Å². The van der Waals surface area contributed by atoms with Gasteiger partial charge in [-0.25, -0.2) is 5.48 Å². The zero-order valence-corrected chi connectivity index (χ0v) is 22.8. The number of amides is 1. The van der Waals surface area contributed by atoms with Gasteiger partial charge in [0.05, 0.1) is 0 Å². The lowest BCUT2D eigenvalue weighted by Gasteiger charge is -2.33. The van der Waals surface area contributed by atoms with E-state index in [1.165, 1.54) is 69.4 Å². The second-order valence-corrected chi connectivity index (χ2v) is 11.7. The van der Waals surface area contributed by atoms with E-state index < -0.39 is 5.91 Å². The number of hydrogen-bond donors (Lipinski definition) is 4. The topological polar surface area (TPSA) is 99.7 Å². The van der Waals surface area contributed by atoms with Crippen molar-refractivity contribution in [1.29, 1.82) is 0 Å². The van der Waals surface area contributed by atoms with Crippen LogP contribution < -0.4 is 16.1 Å². The minimum absolute atomic E-state index is 0.0120. The van der Waals surface area contributed by atoms with E-state index in [1.807, 2.05) is 12.1 Å². The lowest BCUT2D eigenvalue weighted by Crippen LogP contribution is -2.47. The predicted octanol–water partition coefficient (Wildman–Crippen LogP) is 5.13. The highest BCUT2D eigenvalue weighted by Crippen LogP contribution is 2.31. The Balaban J connectivity index is 1.17. The van der Waals surface area contributed by atoms with Crippen molar-refractivity contribution < 1.29 is 19.5 Å². The highest BCUT2D eigenvalue weighted by molar-refractivity contribution is 5.90. The maximum Gasteiger partial charge on any atom is 0.323 e. The van der Waals surface area contributed by atoms with E-state index in [0.29, 0.717) is 17.8 Å². The third kappa shape index (κ3) is 9.21. The number of rotatable bonds is 12. The van der Waals surface area contributed by atoms with E-state index in [0.717, 1.165) is 50.9 Å². The first-order valence-electron chi connectivity index (χ1n) is 15.0. The normalized spacial score (nSPS) is 23.9. The molecule has 1 amide bonds. The van der Waals surface area contributed by atoms with Crippen LogP contribution in [0.25, 0.3) is 6.08 Å². The summed E-state index contributed by atoms with van der Waals surface area (Å²) in [6, 6.07) is 7.93. The second-order valence-electron chi connectivity index (χ2n) is 11.7. The van der Waals surface area contributed by atoms with Crippen molar-refractivity contribution in [1.82, 2.24) is 16.1 Å². The van der Waals surface area contributed by atoms with Crippen molar-refractivity contribution >= 4 is 18.0 Å². The Morgan fingerprint density at radius 3 is 2.32 bits per heavy atom.